The number of nitrogens with zero attached hydrogens (tertiary/aromatic N) is 1. The highest BCUT2D eigenvalue weighted by Crippen LogP contribution is 2.33. The highest BCUT2D eigenvalue weighted by Gasteiger charge is 2.27. The summed E-state index contributed by atoms with van der Waals surface area (Å²) in [4.78, 5) is 27.6. The molecule has 0 aliphatic carbocycles. The fourth-order valence-electron chi connectivity index (χ4n) is 3.41. The molecule has 3 aromatic rings. The molecule has 0 aliphatic rings. The second-order valence-corrected chi connectivity index (χ2v) is 10.1. The van der Waals surface area contributed by atoms with E-state index in [1.165, 1.54) is 0 Å². The van der Waals surface area contributed by atoms with Crippen molar-refractivity contribution in [3.8, 4) is 5.75 Å². The first-order valence-electron chi connectivity index (χ1n) is 10.9. The Kier molecular flexibility index (Phi) is 8.92. The summed E-state index contributed by atoms with van der Waals surface area (Å²) in [5, 5.41) is 5.01. The van der Waals surface area contributed by atoms with Crippen LogP contribution in [-0.2, 0) is 16.1 Å². The lowest BCUT2D eigenvalue weighted by Gasteiger charge is -2.29. The Balaban J connectivity index is 1.78. The van der Waals surface area contributed by atoms with Crippen molar-refractivity contribution in [3.05, 3.63) is 75.2 Å². The third kappa shape index (κ3) is 6.81. The van der Waals surface area contributed by atoms with Crippen LogP contribution in [0.2, 0.25) is 0 Å². The summed E-state index contributed by atoms with van der Waals surface area (Å²) in [5.41, 5.74) is 0.924. The molecule has 1 atom stereocenters. The van der Waals surface area contributed by atoms with E-state index < -0.39 is 6.04 Å². The third-order valence-corrected chi connectivity index (χ3v) is 6.58. The quantitative estimate of drug-likeness (QED) is 0.344. The standard InChI is InChI=1S/C26H28Br2N2O3/c1-17(2)14-29-26(32)18(3)30(15-19-7-6-9-21(27)13-19)24(31)16-33-23-12-11-20-8-4-5-10-22(20)25(23)28/h4-13,17-18H,14-16H2,1-3H3,(H,29,32). The fraction of sp³-hybridized carbons (Fsp3) is 0.308. The average molecular weight is 576 g/mol. The summed E-state index contributed by atoms with van der Waals surface area (Å²) in [6.07, 6.45) is 0. The monoisotopic (exact) mass is 574 g/mol. The van der Waals surface area contributed by atoms with Crippen LogP contribution in [0.3, 0.4) is 0 Å². The maximum absolute atomic E-state index is 13.3. The van der Waals surface area contributed by atoms with Gasteiger partial charge >= 0.3 is 0 Å². The maximum Gasteiger partial charge on any atom is 0.261 e. The molecule has 1 unspecified atom stereocenters. The Morgan fingerprint density at radius 1 is 1.00 bits per heavy atom. The Bertz CT molecular complexity index is 1130. The molecule has 0 radical (unpaired) electrons. The molecule has 0 saturated carbocycles. The molecule has 3 rings (SSSR count). The zero-order valence-electron chi connectivity index (χ0n) is 19.0. The molecule has 7 heteroatoms. The van der Waals surface area contributed by atoms with Crippen LogP contribution in [0.25, 0.3) is 10.8 Å². The minimum atomic E-state index is -0.640. The molecule has 0 aliphatic heterocycles. The predicted octanol–water partition coefficient (Wildman–Crippen LogP) is 5.93. The van der Waals surface area contributed by atoms with Crippen molar-refractivity contribution in [2.45, 2.75) is 33.4 Å². The molecule has 3 aromatic carbocycles. The van der Waals surface area contributed by atoms with Crippen molar-refractivity contribution in [1.82, 2.24) is 10.2 Å². The number of amides is 2. The van der Waals surface area contributed by atoms with Crippen LogP contribution in [-0.4, -0.2) is 35.9 Å². The molecular weight excluding hydrogens is 548 g/mol. The number of carbonyl (C=O) groups is 2. The fourth-order valence-corrected chi connectivity index (χ4v) is 4.47. The molecule has 0 aromatic heterocycles. The number of ether oxygens (including phenoxy) is 1. The molecule has 1 N–H and O–H groups in total. The summed E-state index contributed by atoms with van der Waals surface area (Å²) in [6, 6.07) is 18.8. The zero-order chi connectivity index (χ0) is 24.0. The minimum absolute atomic E-state index is 0.174. The van der Waals surface area contributed by atoms with E-state index in [2.05, 4.69) is 37.2 Å². The van der Waals surface area contributed by atoms with Crippen molar-refractivity contribution in [2.75, 3.05) is 13.2 Å². The van der Waals surface area contributed by atoms with Gasteiger partial charge in [0.05, 0.1) is 4.47 Å². The van der Waals surface area contributed by atoms with Crippen molar-refractivity contribution in [1.29, 1.82) is 0 Å². The summed E-state index contributed by atoms with van der Waals surface area (Å²) >= 11 is 7.07. The predicted molar refractivity (Wildman–Crippen MR) is 139 cm³/mol. The van der Waals surface area contributed by atoms with Crippen LogP contribution >= 0.6 is 31.9 Å². The van der Waals surface area contributed by atoms with Crippen LogP contribution in [0.1, 0.15) is 26.3 Å². The summed E-state index contributed by atoms with van der Waals surface area (Å²) in [7, 11) is 0. The van der Waals surface area contributed by atoms with E-state index in [0.717, 1.165) is 25.3 Å². The van der Waals surface area contributed by atoms with E-state index >= 15 is 0 Å². The van der Waals surface area contributed by atoms with Crippen LogP contribution in [0.5, 0.6) is 5.75 Å². The van der Waals surface area contributed by atoms with E-state index in [1.807, 2.05) is 74.5 Å². The Morgan fingerprint density at radius 3 is 2.48 bits per heavy atom. The average Bonchev–Trinajstić information content (AvgIpc) is 2.80. The van der Waals surface area contributed by atoms with Gasteiger partial charge in [-0.15, -0.1) is 0 Å². The normalized spacial score (nSPS) is 11.9. The van der Waals surface area contributed by atoms with Gasteiger partial charge in [-0.1, -0.05) is 72.2 Å². The molecule has 0 spiro atoms. The SMILES string of the molecule is CC(C)CNC(=O)C(C)N(Cc1cccc(Br)c1)C(=O)COc1ccc2ccccc2c1Br. The van der Waals surface area contributed by atoms with Crippen LogP contribution in [0.15, 0.2) is 69.6 Å². The third-order valence-electron chi connectivity index (χ3n) is 5.27. The van der Waals surface area contributed by atoms with Gasteiger partial charge in [-0.05, 0) is 63.3 Å². The van der Waals surface area contributed by atoms with Gasteiger partial charge in [0.15, 0.2) is 6.61 Å². The van der Waals surface area contributed by atoms with Gasteiger partial charge < -0.3 is 15.0 Å². The molecule has 33 heavy (non-hydrogen) atoms. The number of carbonyl (C=O) groups excluding carboxylic acids is 2. The van der Waals surface area contributed by atoms with E-state index in [9.17, 15) is 9.59 Å². The van der Waals surface area contributed by atoms with Gasteiger partial charge in [-0.3, -0.25) is 9.59 Å². The van der Waals surface area contributed by atoms with Crippen LogP contribution in [0, 0.1) is 5.92 Å². The largest absolute Gasteiger partial charge is 0.483 e. The van der Waals surface area contributed by atoms with E-state index in [0.29, 0.717) is 24.8 Å². The topological polar surface area (TPSA) is 58.6 Å². The number of nitrogens with one attached hydrogen (secondary N) is 1. The summed E-state index contributed by atoms with van der Waals surface area (Å²) < 4.78 is 7.62. The minimum Gasteiger partial charge on any atom is -0.483 e. The van der Waals surface area contributed by atoms with Gasteiger partial charge in [0, 0.05) is 17.6 Å². The van der Waals surface area contributed by atoms with Crippen molar-refractivity contribution >= 4 is 54.4 Å². The maximum atomic E-state index is 13.3. The highest BCUT2D eigenvalue weighted by molar-refractivity contribution is 9.11. The first-order chi connectivity index (χ1) is 15.8. The molecule has 0 saturated heterocycles. The summed E-state index contributed by atoms with van der Waals surface area (Å²) in [5.74, 6) is 0.464. The number of rotatable bonds is 9. The number of halogens is 2. The summed E-state index contributed by atoms with van der Waals surface area (Å²) in [6.45, 7) is 6.50. The first kappa shape index (κ1) is 25.2. The van der Waals surface area contributed by atoms with Crippen molar-refractivity contribution in [3.63, 3.8) is 0 Å². The molecule has 2 amide bonds. The molecule has 0 fully saturated rings. The number of benzene rings is 3. The second kappa shape index (κ2) is 11.7. The lowest BCUT2D eigenvalue weighted by atomic mass is 10.1. The lowest BCUT2D eigenvalue weighted by molar-refractivity contribution is -0.142. The van der Waals surface area contributed by atoms with Crippen LogP contribution < -0.4 is 10.1 Å². The van der Waals surface area contributed by atoms with Crippen molar-refractivity contribution < 1.29 is 14.3 Å². The Labute approximate surface area is 211 Å². The van der Waals surface area contributed by atoms with E-state index in [1.54, 1.807) is 11.8 Å². The van der Waals surface area contributed by atoms with E-state index in [4.69, 9.17) is 4.74 Å². The smallest absolute Gasteiger partial charge is 0.261 e. The Hall–Kier alpha value is -2.38. The van der Waals surface area contributed by atoms with Gasteiger partial charge in [0.2, 0.25) is 5.91 Å². The van der Waals surface area contributed by atoms with Gasteiger partial charge in [0.25, 0.3) is 5.91 Å². The molecular formula is C26H28Br2N2O3. The first-order valence-corrected chi connectivity index (χ1v) is 12.5. The molecule has 0 heterocycles. The molecule has 174 valence electrons. The lowest BCUT2D eigenvalue weighted by Crippen LogP contribution is -2.49. The van der Waals surface area contributed by atoms with Gasteiger partial charge in [0.1, 0.15) is 11.8 Å². The van der Waals surface area contributed by atoms with E-state index in [-0.39, 0.29) is 18.4 Å². The van der Waals surface area contributed by atoms with Crippen LogP contribution in [0.4, 0.5) is 0 Å². The molecule has 5 nitrogen and oxygen atoms in total. The van der Waals surface area contributed by atoms with Gasteiger partial charge in [-0.25, -0.2) is 0 Å². The van der Waals surface area contributed by atoms with Gasteiger partial charge in [-0.2, -0.15) is 0 Å². The zero-order valence-corrected chi connectivity index (χ0v) is 22.1. The van der Waals surface area contributed by atoms with Crippen molar-refractivity contribution in [2.24, 2.45) is 5.92 Å². The Morgan fingerprint density at radius 2 is 1.76 bits per heavy atom. The number of hydrogen-bond acceptors (Lipinski definition) is 3. The second-order valence-electron chi connectivity index (χ2n) is 8.35. The number of hydrogen-bond donors (Lipinski definition) is 1. The molecule has 0 bridgehead atoms. The highest BCUT2D eigenvalue weighted by atomic mass is 79.9. The number of fused-ring (bicyclic) bond motifs is 1.